The van der Waals surface area contributed by atoms with Crippen LogP contribution in [0.2, 0.25) is 5.02 Å². The number of hydrogen-bond donors (Lipinski definition) is 1. The molecule has 0 spiro atoms. The van der Waals surface area contributed by atoms with Gasteiger partial charge < -0.3 is 10.3 Å². The largest absolute Gasteiger partial charge is 0.329 e. The molecule has 0 atom stereocenters. The molecule has 0 bridgehead atoms. The monoisotopic (exact) mass is 300 g/mol. The third-order valence-electron chi connectivity index (χ3n) is 2.63. The first-order valence-electron chi connectivity index (χ1n) is 5.78. The summed E-state index contributed by atoms with van der Waals surface area (Å²) < 4.78 is 15.6. The molecular weight excluding hydrogens is 287 g/mol. The van der Waals surface area contributed by atoms with Crippen LogP contribution in [-0.2, 0) is 12.3 Å². The normalized spacial score (nSPS) is 10.9. The number of hydrogen-bond acceptors (Lipinski definition) is 4. The first kappa shape index (κ1) is 14.3. The fraction of sp³-hybridized carbons (Fsp3) is 0.333. The summed E-state index contributed by atoms with van der Waals surface area (Å²) in [6, 6.07) is 4.67. The molecule has 0 saturated heterocycles. The quantitative estimate of drug-likeness (QED) is 0.863. The van der Waals surface area contributed by atoms with Gasteiger partial charge in [-0.05, 0) is 24.6 Å². The van der Waals surface area contributed by atoms with Gasteiger partial charge in [0.25, 0.3) is 0 Å². The molecule has 102 valence electrons. The van der Waals surface area contributed by atoms with E-state index in [2.05, 4.69) is 10.2 Å². The van der Waals surface area contributed by atoms with Crippen LogP contribution >= 0.6 is 23.4 Å². The predicted molar refractivity (Wildman–Crippen MR) is 74.8 cm³/mol. The van der Waals surface area contributed by atoms with E-state index in [0.717, 1.165) is 11.0 Å². The Kier molecular flexibility index (Phi) is 4.79. The van der Waals surface area contributed by atoms with Gasteiger partial charge in [-0.3, -0.25) is 0 Å². The van der Waals surface area contributed by atoms with E-state index < -0.39 is 0 Å². The van der Waals surface area contributed by atoms with E-state index in [9.17, 15) is 4.39 Å². The molecule has 1 heterocycles. The van der Waals surface area contributed by atoms with Gasteiger partial charge in [-0.25, -0.2) is 4.39 Å². The van der Waals surface area contributed by atoms with Gasteiger partial charge in [0.15, 0.2) is 5.16 Å². The highest BCUT2D eigenvalue weighted by molar-refractivity contribution is 7.98. The van der Waals surface area contributed by atoms with Crippen LogP contribution in [0.3, 0.4) is 0 Å². The second-order valence-electron chi connectivity index (χ2n) is 3.99. The Morgan fingerprint density at radius 2 is 2.21 bits per heavy atom. The third-order valence-corrected chi connectivity index (χ3v) is 3.88. The first-order valence-corrected chi connectivity index (χ1v) is 7.14. The van der Waals surface area contributed by atoms with Crippen LogP contribution in [0.4, 0.5) is 4.39 Å². The first-order chi connectivity index (χ1) is 9.11. The highest BCUT2D eigenvalue weighted by Gasteiger charge is 2.10. The summed E-state index contributed by atoms with van der Waals surface area (Å²) in [4.78, 5) is 0. The van der Waals surface area contributed by atoms with Crippen molar-refractivity contribution in [2.75, 3.05) is 6.54 Å². The number of halogens is 2. The fourth-order valence-electron chi connectivity index (χ4n) is 1.64. The minimum absolute atomic E-state index is 0.304. The molecule has 4 nitrogen and oxygen atoms in total. The minimum atomic E-state index is -0.304. The molecule has 0 radical (unpaired) electrons. The van der Waals surface area contributed by atoms with E-state index in [4.69, 9.17) is 17.3 Å². The Morgan fingerprint density at radius 1 is 1.42 bits per heavy atom. The van der Waals surface area contributed by atoms with Crippen molar-refractivity contribution in [1.29, 1.82) is 0 Å². The van der Waals surface area contributed by atoms with E-state index in [0.29, 0.717) is 29.4 Å². The van der Waals surface area contributed by atoms with Gasteiger partial charge in [0.05, 0.1) is 0 Å². The summed E-state index contributed by atoms with van der Waals surface area (Å²) in [6.45, 7) is 3.04. The zero-order valence-electron chi connectivity index (χ0n) is 10.4. The Labute approximate surface area is 120 Å². The minimum Gasteiger partial charge on any atom is -0.329 e. The van der Waals surface area contributed by atoms with Crippen molar-refractivity contribution in [2.45, 2.75) is 24.4 Å². The van der Waals surface area contributed by atoms with Crippen molar-refractivity contribution >= 4 is 23.4 Å². The van der Waals surface area contributed by atoms with Crippen molar-refractivity contribution in [3.63, 3.8) is 0 Å². The van der Waals surface area contributed by atoms with Crippen LogP contribution in [0.15, 0.2) is 23.4 Å². The third kappa shape index (κ3) is 3.46. The lowest BCUT2D eigenvalue weighted by molar-refractivity contribution is 0.615. The van der Waals surface area contributed by atoms with Gasteiger partial charge in [0.2, 0.25) is 0 Å². The second-order valence-corrected chi connectivity index (χ2v) is 5.37. The molecule has 2 N–H and O–H groups in total. The van der Waals surface area contributed by atoms with Crippen LogP contribution in [-0.4, -0.2) is 21.3 Å². The van der Waals surface area contributed by atoms with Crippen LogP contribution in [0, 0.1) is 12.7 Å². The molecule has 1 aromatic heterocycles. The zero-order valence-corrected chi connectivity index (χ0v) is 12.0. The molecule has 2 rings (SSSR count). The Morgan fingerprint density at radius 3 is 2.89 bits per heavy atom. The van der Waals surface area contributed by atoms with Crippen LogP contribution in [0.25, 0.3) is 0 Å². The smallest absolute Gasteiger partial charge is 0.191 e. The maximum absolute atomic E-state index is 13.6. The SMILES string of the molecule is Cc1nnc(SCc2ccc(Cl)cc2F)n1CCN. The average molecular weight is 301 g/mol. The lowest BCUT2D eigenvalue weighted by Gasteiger charge is -2.07. The predicted octanol–water partition coefficient (Wildman–Crippen LogP) is 2.63. The molecular formula is C12H14ClFN4S. The van der Waals surface area contributed by atoms with Gasteiger partial charge in [0.1, 0.15) is 11.6 Å². The van der Waals surface area contributed by atoms with Crippen LogP contribution in [0.1, 0.15) is 11.4 Å². The maximum atomic E-state index is 13.6. The molecule has 0 unspecified atom stereocenters. The van der Waals surface area contributed by atoms with E-state index in [1.165, 1.54) is 17.8 Å². The van der Waals surface area contributed by atoms with Crippen molar-refractivity contribution in [3.05, 3.63) is 40.4 Å². The molecule has 0 aliphatic heterocycles. The van der Waals surface area contributed by atoms with Crippen molar-refractivity contribution in [3.8, 4) is 0 Å². The molecule has 1 aromatic carbocycles. The van der Waals surface area contributed by atoms with Gasteiger partial charge in [-0.15, -0.1) is 10.2 Å². The van der Waals surface area contributed by atoms with E-state index in [1.807, 2.05) is 11.5 Å². The number of aryl methyl sites for hydroxylation is 1. The molecule has 0 fully saturated rings. The number of thioether (sulfide) groups is 1. The molecule has 0 amide bonds. The van der Waals surface area contributed by atoms with E-state index in [1.54, 1.807) is 12.1 Å². The number of aromatic nitrogens is 3. The Balaban J connectivity index is 2.10. The Hall–Kier alpha value is -1.11. The molecule has 19 heavy (non-hydrogen) atoms. The molecule has 0 saturated carbocycles. The standard InChI is InChI=1S/C12H14ClFN4S/c1-8-16-17-12(18(8)5-4-15)19-7-9-2-3-10(13)6-11(9)14/h2-3,6H,4-5,7,15H2,1H3. The number of rotatable bonds is 5. The van der Waals surface area contributed by atoms with Crippen molar-refractivity contribution in [2.24, 2.45) is 5.73 Å². The molecule has 2 aromatic rings. The maximum Gasteiger partial charge on any atom is 0.191 e. The lowest BCUT2D eigenvalue weighted by atomic mass is 10.2. The van der Waals surface area contributed by atoms with Gasteiger partial charge in [-0.2, -0.15) is 0 Å². The Bertz CT molecular complexity index is 573. The van der Waals surface area contributed by atoms with Crippen molar-refractivity contribution in [1.82, 2.24) is 14.8 Å². The summed E-state index contributed by atoms with van der Waals surface area (Å²) in [5.74, 6) is 0.984. The zero-order chi connectivity index (χ0) is 13.8. The fourth-order valence-corrected chi connectivity index (χ4v) is 2.79. The summed E-state index contributed by atoms with van der Waals surface area (Å²) in [7, 11) is 0. The summed E-state index contributed by atoms with van der Waals surface area (Å²) in [6.07, 6.45) is 0. The molecule has 7 heteroatoms. The lowest BCUT2D eigenvalue weighted by Crippen LogP contribution is -2.12. The molecule has 0 aliphatic rings. The second kappa shape index (κ2) is 6.36. The average Bonchev–Trinajstić information content (AvgIpc) is 2.71. The van der Waals surface area contributed by atoms with E-state index in [-0.39, 0.29) is 5.82 Å². The van der Waals surface area contributed by atoms with Gasteiger partial charge >= 0.3 is 0 Å². The number of benzene rings is 1. The number of nitrogens with two attached hydrogens (primary N) is 1. The summed E-state index contributed by atoms with van der Waals surface area (Å²) in [5.41, 5.74) is 6.14. The van der Waals surface area contributed by atoms with Gasteiger partial charge in [-0.1, -0.05) is 29.4 Å². The van der Waals surface area contributed by atoms with Crippen LogP contribution in [0.5, 0.6) is 0 Å². The summed E-state index contributed by atoms with van der Waals surface area (Å²) >= 11 is 7.15. The van der Waals surface area contributed by atoms with E-state index >= 15 is 0 Å². The highest BCUT2D eigenvalue weighted by atomic mass is 35.5. The van der Waals surface area contributed by atoms with Crippen LogP contribution < -0.4 is 5.73 Å². The topological polar surface area (TPSA) is 56.7 Å². The molecule has 0 aliphatic carbocycles. The number of nitrogens with zero attached hydrogens (tertiary/aromatic N) is 3. The highest BCUT2D eigenvalue weighted by Crippen LogP contribution is 2.24. The van der Waals surface area contributed by atoms with Gasteiger partial charge in [0, 0.05) is 23.9 Å². The van der Waals surface area contributed by atoms with Crippen molar-refractivity contribution < 1.29 is 4.39 Å². The summed E-state index contributed by atoms with van der Waals surface area (Å²) in [5, 5.41) is 9.22.